The van der Waals surface area contributed by atoms with Gasteiger partial charge in [0.2, 0.25) is 0 Å². The summed E-state index contributed by atoms with van der Waals surface area (Å²) in [7, 11) is 1.92. The number of carbonyl (C=O) groups excluding carboxylic acids is 1. The molecular formula is C15H15F2N2O3S+. The van der Waals surface area contributed by atoms with E-state index in [0.717, 1.165) is 11.4 Å². The molecule has 0 bridgehead atoms. The minimum atomic E-state index is -3.66. The lowest BCUT2D eigenvalue weighted by Gasteiger charge is -2.13. The Kier molecular flexibility index (Phi) is 4.18. The Bertz CT molecular complexity index is 707. The first kappa shape index (κ1) is 15.7. The number of hydrogen-bond donors (Lipinski definition) is 2. The Morgan fingerprint density at radius 1 is 1.30 bits per heavy atom. The Morgan fingerprint density at radius 3 is 2.83 bits per heavy atom. The van der Waals surface area contributed by atoms with Crippen LogP contribution in [-0.4, -0.2) is 25.8 Å². The number of ether oxygens (including phenoxy) is 2. The molecular weight excluding hydrogens is 326 g/mol. The molecule has 1 aliphatic heterocycles. The molecule has 2 aromatic rings. The first-order chi connectivity index (χ1) is 10.9. The number of thiophene rings is 1. The number of amides is 1. The van der Waals surface area contributed by atoms with E-state index in [-0.39, 0.29) is 24.0 Å². The van der Waals surface area contributed by atoms with Crippen molar-refractivity contribution >= 4 is 22.9 Å². The number of hydrogen-bond acceptors (Lipinski definition) is 4. The van der Waals surface area contributed by atoms with Crippen molar-refractivity contribution in [1.29, 1.82) is 0 Å². The number of carbonyl (C=O) groups is 1. The van der Waals surface area contributed by atoms with E-state index >= 15 is 0 Å². The summed E-state index contributed by atoms with van der Waals surface area (Å²) in [5.41, 5.74) is 0.388. The quantitative estimate of drug-likeness (QED) is 0.871. The van der Waals surface area contributed by atoms with E-state index in [1.165, 1.54) is 23.1 Å². The SMILES string of the molecule is C[NH+](CC(=O)Nc1ccc2c(c1)OC(F)(F)O2)Cc1cccs1. The number of anilines is 1. The highest BCUT2D eigenvalue weighted by Gasteiger charge is 2.43. The van der Waals surface area contributed by atoms with Crippen LogP contribution in [0.15, 0.2) is 35.7 Å². The maximum atomic E-state index is 12.9. The molecule has 0 aliphatic carbocycles. The number of benzene rings is 1. The van der Waals surface area contributed by atoms with Crippen LogP contribution in [-0.2, 0) is 11.3 Å². The van der Waals surface area contributed by atoms with E-state index in [9.17, 15) is 13.6 Å². The zero-order valence-corrected chi connectivity index (χ0v) is 13.1. The van der Waals surface area contributed by atoms with Crippen LogP contribution in [0.3, 0.4) is 0 Å². The summed E-state index contributed by atoms with van der Waals surface area (Å²) in [6.07, 6.45) is -3.66. The molecule has 23 heavy (non-hydrogen) atoms. The fraction of sp³-hybridized carbons (Fsp3) is 0.267. The van der Waals surface area contributed by atoms with Crippen LogP contribution >= 0.6 is 11.3 Å². The van der Waals surface area contributed by atoms with E-state index in [4.69, 9.17) is 0 Å². The molecule has 1 aliphatic rings. The molecule has 8 heteroatoms. The third-order valence-corrected chi connectivity index (χ3v) is 4.08. The lowest BCUT2D eigenvalue weighted by Crippen LogP contribution is -3.08. The van der Waals surface area contributed by atoms with Crippen molar-refractivity contribution in [3.8, 4) is 11.5 Å². The third-order valence-electron chi connectivity index (χ3n) is 3.20. The van der Waals surface area contributed by atoms with Crippen LogP contribution < -0.4 is 19.7 Å². The highest BCUT2D eigenvalue weighted by atomic mass is 32.1. The largest absolute Gasteiger partial charge is 0.586 e. The van der Waals surface area contributed by atoms with Gasteiger partial charge in [-0.15, -0.1) is 20.1 Å². The lowest BCUT2D eigenvalue weighted by atomic mass is 10.2. The minimum absolute atomic E-state index is 0.0477. The molecule has 5 nitrogen and oxygen atoms in total. The second-order valence-corrected chi connectivity index (χ2v) is 6.30. The van der Waals surface area contributed by atoms with Crippen molar-refractivity contribution in [2.24, 2.45) is 0 Å². The van der Waals surface area contributed by atoms with Crippen molar-refractivity contribution in [2.45, 2.75) is 12.8 Å². The van der Waals surface area contributed by atoms with Crippen LogP contribution in [0.1, 0.15) is 4.88 Å². The molecule has 1 aromatic carbocycles. The maximum Gasteiger partial charge on any atom is 0.586 e. The predicted molar refractivity (Wildman–Crippen MR) is 81.1 cm³/mol. The van der Waals surface area contributed by atoms with Gasteiger partial charge in [-0.3, -0.25) is 4.79 Å². The Hall–Kier alpha value is -2.19. The molecule has 2 heterocycles. The standard InChI is InChI=1S/C15H14F2N2O3S/c1-19(8-11-3-2-6-23-11)9-14(20)18-10-4-5-12-13(7-10)22-15(16,17)21-12/h2-7H,8-9H2,1H3,(H,18,20)/p+1. The number of quaternary nitrogens is 1. The van der Waals surface area contributed by atoms with Crippen molar-refractivity contribution in [3.05, 3.63) is 40.6 Å². The molecule has 2 N–H and O–H groups in total. The predicted octanol–water partition coefficient (Wildman–Crippen LogP) is 1.72. The number of rotatable bonds is 5. The number of likely N-dealkylation sites (N-methyl/N-ethyl adjacent to an activating group) is 1. The Morgan fingerprint density at radius 2 is 2.09 bits per heavy atom. The van der Waals surface area contributed by atoms with Gasteiger partial charge in [-0.25, -0.2) is 0 Å². The summed E-state index contributed by atoms with van der Waals surface area (Å²) in [6, 6.07) is 8.15. The van der Waals surface area contributed by atoms with E-state index < -0.39 is 6.29 Å². The summed E-state index contributed by atoms with van der Waals surface area (Å²) < 4.78 is 34.6. The van der Waals surface area contributed by atoms with Gasteiger partial charge < -0.3 is 19.7 Å². The molecule has 3 rings (SSSR count). The normalized spacial score (nSPS) is 16.1. The van der Waals surface area contributed by atoms with E-state index in [0.29, 0.717) is 5.69 Å². The zero-order chi connectivity index (χ0) is 16.4. The van der Waals surface area contributed by atoms with Gasteiger partial charge in [-0.2, -0.15) is 0 Å². The van der Waals surface area contributed by atoms with Gasteiger partial charge >= 0.3 is 6.29 Å². The average Bonchev–Trinajstić information content (AvgIpc) is 3.03. The fourth-order valence-corrected chi connectivity index (χ4v) is 3.10. The van der Waals surface area contributed by atoms with Gasteiger partial charge in [0.1, 0.15) is 6.54 Å². The van der Waals surface area contributed by atoms with Gasteiger partial charge in [0.05, 0.1) is 11.9 Å². The van der Waals surface area contributed by atoms with Crippen LogP contribution in [0.2, 0.25) is 0 Å². The van der Waals surface area contributed by atoms with Crippen molar-refractivity contribution in [1.82, 2.24) is 0 Å². The van der Waals surface area contributed by atoms with Crippen molar-refractivity contribution < 1.29 is 27.9 Å². The fourth-order valence-electron chi connectivity index (χ4n) is 2.28. The molecule has 1 unspecified atom stereocenters. The summed E-state index contributed by atoms with van der Waals surface area (Å²) in [4.78, 5) is 14.3. The van der Waals surface area contributed by atoms with Gasteiger partial charge in [-0.05, 0) is 23.6 Å². The molecule has 1 atom stereocenters. The summed E-state index contributed by atoms with van der Waals surface area (Å²) in [6.45, 7) is 1.01. The van der Waals surface area contributed by atoms with Gasteiger partial charge in [-0.1, -0.05) is 6.07 Å². The average molecular weight is 341 g/mol. The van der Waals surface area contributed by atoms with Crippen LogP contribution in [0.25, 0.3) is 0 Å². The first-order valence-corrected chi connectivity index (χ1v) is 7.83. The summed E-state index contributed by atoms with van der Waals surface area (Å²) in [5.74, 6) is -0.342. The van der Waals surface area contributed by atoms with Crippen LogP contribution in [0.5, 0.6) is 11.5 Å². The zero-order valence-electron chi connectivity index (χ0n) is 12.3. The molecule has 0 radical (unpaired) electrons. The molecule has 122 valence electrons. The maximum absolute atomic E-state index is 12.9. The van der Waals surface area contributed by atoms with E-state index in [1.807, 2.05) is 24.6 Å². The smallest absolute Gasteiger partial charge is 0.395 e. The monoisotopic (exact) mass is 341 g/mol. The third kappa shape index (κ3) is 3.96. The van der Waals surface area contributed by atoms with E-state index in [2.05, 4.69) is 14.8 Å². The number of alkyl halides is 2. The van der Waals surface area contributed by atoms with Gasteiger partial charge in [0.15, 0.2) is 18.0 Å². The molecule has 0 saturated carbocycles. The molecule has 0 spiro atoms. The second-order valence-electron chi connectivity index (χ2n) is 5.27. The number of nitrogens with one attached hydrogen (secondary N) is 2. The second kappa shape index (κ2) is 6.13. The summed E-state index contributed by atoms with van der Waals surface area (Å²) >= 11 is 1.64. The summed E-state index contributed by atoms with van der Waals surface area (Å²) in [5, 5.41) is 4.66. The van der Waals surface area contributed by atoms with Crippen LogP contribution in [0.4, 0.5) is 14.5 Å². The highest BCUT2D eigenvalue weighted by molar-refractivity contribution is 7.09. The number of halogens is 2. The highest BCUT2D eigenvalue weighted by Crippen LogP contribution is 2.42. The molecule has 1 aromatic heterocycles. The number of fused-ring (bicyclic) bond motifs is 1. The lowest BCUT2D eigenvalue weighted by molar-refractivity contribution is -0.884. The Balaban J connectivity index is 1.56. The van der Waals surface area contributed by atoms with Gasteiger partial charge in [0.25, 0.3) is 5.91 Å². The van der Waals surface area contributed by atoms with Crippen LogP contribution in [0, 0.1) is 0 Å². The minimum Gasteiger partial charge on any atom is -0.395 e. The van der Waals surface area contributed by atoms with E-state index in [1.54, 1.807) is 11.3 Å². The Labute approximate surface area is 135 Å². The molecule has 1 amide bonds. The topological polar surface area (TPSA) is 52.0 Å². The molecule has 0 saturated heterocycles. The molecule has 0 fully saturated rings. The van der Waals surface area contributed by atoms with Crippen molar-refractivity contribution in [2.75, 3.05) is 18.9 Å². The first-order valence-electron chi connectivity index (χ1n) is 6.95. The van der Waals surface area contributed by atoms with Gasteiger partial charge in [0, 0.05) is 11.8 Å². The van der Waals surface area contributed by atoms with Crippen molar-refractivity contribution in [3.63, 3.8) is 0 Å².